The summed E-state index contributed by atoms with van der Waals surface area (Å²) in [5, 5.41) is 11.6. The van der Waals surface area contributed by atoms with Crippen LogP contribution in [0.5, 0.6) is 23.1 Å². The number of aromatic nitrogens is 1. The van der Waals surface area contributed by atoms with Crippen LogP contribution in [0.3, 0.4) is 0 Å². The first-order valence-electron chi connectivity index (χ1n) is 9.24. The van der Waals surface area contributed by atoms with E-state index >= 15 is 0 Å². The quantitative estimate of drug-likeness (QED) is 0.626. The number of nitriles is 1. The Bertz CT molecular complexity index is 1060. The zero-order chi connectivity index (χ0) is 21.5. The molecule has 1 N–H and O–H groups in total. The highest BCUT2D eigenvalue weighted by molar-refractivity contribution is 5.94. The van der Waals surface area contributed by atoms with Gasteiger partial charge in [-0.1, -0.05) is 6.07 Å². The topological polar surface area (TPSA) is 93.5 Å². The fourth-order valence-electron chi connectivity index (χ4n) is 2.60. The summed E-state index contributed by atoms with van der Waals surface area (Å²) in [6, 6.07) is 17.5. The molecule has 1 aromatic heterocycles. The summed E-state index contributed by atoms with van der Waals surface area (Å²) in [6.45, 7) is 3.61. The maximum absolute atomic E-state index is 12.4. The van der Waals surface area contributed by atoms with Gasteiger partial charge in [0.25, 0.3) is 5.91 Å². The summed E-state index contributed by atoms with van der Waals surface area (Å²) in [4.78, 5) is 16.6. The van der Waals surface area contributed by atoms with Gasteiger partial charge in [0.2, 0.25) is 5.88 Å². The summed E-state index contributed by atoms with van der Waals surface area (Å²) in [7, 11) is 1.58. The Balaban J connectivity index is 1.59. The molecule has 0 spiro atoms. The number of ether oxygens (including phenoxy) is 3. The average molecular weight is 403 g/mol. The third kappa shape index (κ3) is 5.26. The molecule has 2 aromatic carbocycles. The van der Waals surface area contributed by atoms with E-state index in [1.54, 1.807) is 50.4 Å². The van der Waals surface area contributed by atoms with E-state index in [1.165, 1.54) is 6.20 Å². The number of benzene rings is 2. The van der Waals surface area contributed by atoms with Crippen molar-refractivity contribution in [1.82, 2.24) is 4.98 Å². The molecule has 152 valence electrons. The van der Waals surface area contributed by atoms with E-state index in [2.05, 4.69) is 10.3 Å². The van der Waals surface area contributed by atoms with Gasteiger partial charge in [-0.2, -0.15) is 5.26 Å². The zero-order valence-electron chi connectivity index (χ0n) is 16.9. The number of rotatable bonds is 7. The lowest BCUT2D eigenvalue weighted by atomic mass is 10.2. The van der Waals surface area contributed by atoms with Gasteiger partial charge in [-0.25, -0.2) is 4.98 Å². The van der Waals surface area contributed by atoms with Gasteiger partial charge in [0.15, 0.2) is 17.6 Å². The van der Waals surface area contributed by atoms with Crippen molar-refractivity contribution in [1.29, 1.82) is 5.26 Å². The van der Waals surface area contributed by atoms with Crippen LogP contribution in [0.15, 0.2) is 60.8 Å². The van der Waals surface area contributed by atoms with E-state index in [1.807, 2.05) is 31.2 Å². The minimum Gasteiger partial charge on any atom is -0.493 e. The normalized spacial score (nSPS) is 11.1. The van der Waals surface area contributed by atoms with Crippen molar-refractivity contribution < 1.29 is 19.0 Å². The Kier molecular flexibility index (Phi) is 6.50. The Morgan fingerprint density at radius 2 is 1.87 bits per heavy atom. The molecule has 0 aliphatic carbocycles. The van der Waals surface area contributed by atoms with Gasteiger partial charge < -0.3 is 19.5 Å². The summed E-state index contributed by atoms with van der Waals surface area (Å²) in [5.41, 5.74) is 2.09. The van der Waals surface area contributed by atoms with Crippen LogP contribution in [0.2, 0.25) is 0 Å². The van der Waals surface area contributed by atoms with Crippen molar-refractivity contribution in [3.8, 4) is 29.2 Å². The summed E-state index contributed by atoms with van der Waals surface area (Å²) >= 11 is 0. The molecule has 3 aromatic rings. The number of carbonyl (C=O) groups is 1. The lowest BCUT2D eigenvalue weighted by Crippen LogP contribution is -2.30. The Morgan fingerprint density at radius 1 is 1.10 bits per heavy atom. The third-order valence-corrected chi connectivity index (χ3v) is 4.20. The second kappa shape index (κ2) is 9.43. The minimum absolute atomic E-state index is 0.324. The molecule has 0 radical (unpaired) electrons. The number of aryl methyl sites for hydroxylation is 1. The van der Waals surface area contributed by atoms with Gasteiger partial charge in [0, 0.05) is 6.07 Å². The highest BCUT2D eigenvalue weighted by Crippen LogP contribution is 2.31. The molecule has 0 aliphatic heterocycles. The molecule has 0 saturated carbocycles. The predicted molar refractivity (Wildman–Crippen MR) is 112 cm³/mol. The second-order valence-electron chi connectivity index (χ2n) is 6.53. The predicted octanol–water partition coefficient (Wildman–Crippen LogP) is 4.47. The standard InChI is InChI=1S/C23H21N3O4/c1-15-4-10-20(21(12-15)28-3)30-22-11-7-18(14-25-22)26-23(27)16(2)29-19-8-5-17(13-24)6-9-19/h4-12,14,16H,1-3H3,(H,26,27). The SMILES string of the molecule is COc1cc(C)ccc1Oc1ccc(NC(=O)C(C)Oc2ccc(C#N)cc2)cn1. The first kappa shape index (κ1) is 20.7. The number of carbonyl (C=O) groups excluding carboxylic acids is 1. The third-order valence-electron chi connectivity index (χ3n) is 4.20. The minimum atomic E-state index is -0.731. The summed E-state index contributed by atoms with van der Waals surface area (Å²) < 4.78 is 16.7. The largest absolute Gasteiger partial charge is 0.493 e. The lowest BCUT2D eigenvalue weighted by Gasteiger charge is -2.15. The van der Waals surface area contributed by atoms with E-state index < -0.39 is 6.10 Å². The molecule has 0 saturated heterocycles. The maximum Gasteiger partial charge on any atom is 0.265 e. The number of methoxy groups -OCH3 is 1. The molecule has 7 heteroatoms. The molecule has 1 amide bonds. The fourth-order valence-corrected chi connectivity index (χ4v) is 2.60. The van der Waals surface area contributed by atoms with E-state index in [-0.39, 0.29) is 5.91 Å². The summed E-state index contributed by atoms with van der Waals surface area (Å²) in [6.07, 6.45) is 0.771. The van der Waals surface area contributed by atoms with Crippen LogP contribution in [0.25, 0.3) is 0 Å². The Hall–Kier alpha value is -4.05. The maximum atomic E-state index is 12.4. The van der Waals surface area contributed by atoms with Crippen molar-refractivity contribution in [2.24, 2.45) is 0 Å². The Labute approximate surface area is 174 Å². The van der Waals surface area contributed by atoms with E-state index in [0.717, 1.165) is 5.56 Å². The van der Waals surface area contributed by atoms with Gasteiger partial charge in [0.05, 0.1) is 30.6 Å². The van der Waals surface area contributed by atoms with Crippen LogP contribution in [0, 0.1) is 18.3 Å². The molecule has 7 nitrogen and oxygen atoms in total. The smallest absolute Gasteiger partial charge is 0.265 e. The zero-order valence-corrected chi connectivity index (χ0v) is 16.9. The fraction of sp³-hybridized carbons (Fsp3) is 0.174. The number of hydrogen-bond acceptors (Lipinski definition) is 6. The molecule has 1 atom stereocenters. The van der Waals surface area contributed by atoms with Gasteiger partial charge in [-0.05, 0) is 61.9 Å². The molecule has 0 fully saturated rings. The van der Waals surface area contributed by atoms with Gasteiger partial charge in [-0.15, -0.1) is 0 Å². The van der Waals surface area contributed by atoms with Crippen molar-refractivity contribution in [2.45, 2.75) is 20.0 Å². The summed E-state index contributed by atoms with van der Waals surface area (Å²) in [5.74, 6) is 1.72. The van der Waals surface area contributed by atoms with Crippen LogP contribution in [-0.2, 0) is 4.79 Å². The molecule has 30 heavy (non-hydrogen) atoms. The first-order valence-corrected chi connectivity index (χ1v) is 9.24. The molecular formula is C23H21N3O4. The molecular weight excluding hydrogens is 382 g/mol. The Morgan fingerprint density at radius 3 is 2.50 bits per heavy atom. The molecule has 3 rings (SSSR count). The van der Waals surface area contributed by atoms with Crippen molar-refractivity contribution >= 4 is 11.6 Å². The van der Waals surface area contributed by atoms with Crippen LogP contribution < -0.4 is 19.5 Å². The number of nitrogens with one attached hydrogen (secondary N) is 1. The second-order valence-corrected chi connectivity index (χ2v) is 6.53. The molecule has 1 heterocycles. The van der Waals surface area contributed by atoms with E-state index in [9.17, 15) is 4.79 Å². The van der Waals surface area contributed by atoms with Crippen molar-refractivity contribution in [2.75, 3.05) is 12.4 Å². The van der Waals surface area contributed by atoms with Gasteiger partial charge in [0.1, 0.15) is 5.75 Å². The highest BCUT2D eigenvalue weighted by Gasteiger charge is 2.15. The van der Waals surface area contributed by atoms with E-state index in [4.69, 9.17) is 19.5 Å². The number of hydrogen-bond donors (Lipinski definition) is 1. The van der Waals surface area contributed by atoms with Crippen LogP contribution in [0.4, 0.5) is 5.69 Å². The first-order chi connectivity index (χ1) is 14.5. The van der Waals surface area contributed by atoms with Crippen molar-refractivity contribution in [3.05, 3.63) is 71.9 Å². The molecule has 0 aliphatic rings. The van der Waals surface area contributed by atoms with Crippen LogP contribution in [0.1, 0.15) is 18.1 Å². The highest BCUT2D eigenvalue weighted by atomic mass is 16.5. The lowest BCUT2D eigenvalue weighted by molar-refractivity contribution is -0.122. The van der Waals surface area contributed by atoms with Gasteiger partial charge in [-0.3, -0.25) is 4.79 Å². The number of amides is 1. The average Bonchev–Trinajstić information content (AvgIpc) is 2.76. The van der Waals surface area contributed by atoms with Gasteiger partial charge >= 0.3 is 0 Å². The number of pyridine rings is 1. The van der Waals surface area contributed by atoms with Crippen LogP contribution in [-0.4, -0.2) is 24.1 Å². The number of nitrogens with zero attached hydrogens (tertiary/aromatic N) is 2. The van der Waals surface area contributed by atoms with E-state index in [0.29, 0.717) is 34.4 Å². The number of anilines is 1. The van der Waals surface area contributed by atoms with Crippen molar-refractivity contribution in [3.63, 3.8) is 0 Å². The van der Waals surface area contributed by atoms with Crippen LogP contribution >= 0.6 is 0 Å². The molecule has 1 unspecified atom stereocenters. The molecule has 0 bridgehead atoms. The monoisotopic (exact) mass is 403 g/mol.